The van der Waals surface area contributed by atoms with Crippen LogP contribution in [-0.2, 0) is 9.59 Å². The van der Waals surface area contributed by atoms with E-state index in [1.54, 1.807) is 30.8 Å². The highest BCUT2D eigenvalue weighted by Crippen LogP contribution is 2.57. The van der Waals surface area contributed by atoms with E-state index in [2.05, 4.69) is 0 Å². The van der Waals surface area contributed by atoms with E-state index in [0.717, 1.165) is 17.9 Å². The number of aryl methyl sites for hydroxylation is 1. The minimum absolute atomic E-state index is 0.184. The van der Waals surface area contributed by atoms with Crippen molar-refractivity contribution in [3.63, 3.8) is 0 Å². The van der Waals surface area contributed by atoms with Crippen LogP contribution in [0.4, 0.5) is 4.39 Å². The van der Waals surface area contributed by atoms with Gasteiger partial charge in [0.1, 0.15) is 5.82 Å². The molecule has 146 valence electrons. The van der Waals surface area contributed by atoms with Crippen LogP contribution >= 0.6 is 11.8 Å². The maximum absolute atomic E-state index is 13.8. The number of hydrogen-bond acceptors (Lipinski definition) is 3. The average Bonchev–Trinajstić information content (AvgIpc) is 3.14. The number of thioether (sulfide) groups is 1. The number of carbonyl (C=O) groups excluding carboxylic acids is 1. The summed E-state index contributed by atoms with van der Waals surface area (Å²) in [5, 5.41) is 9.82. The molecule has 2 bridgehead atoms. The molecule has 1 aliphatic heterocycles. The van der Waals surface area contributed by atoms with Gasteiger partial charge in [-0.3, -0.25) is 9.59 Å². The van der Waals surface area contributed by atoms with E-state index in [1.807, 2.05) is 11.0 Å². The lowest BCUT2D eigenvalue weighted by Crippen LogP contribution is -2.53. The van der Waals surface area contributed by atoms with Gasteiger partial charge < -0.3 is 10.0 Å². The van der Waals surface area contributed by atoms with Crippen molar-refractivity contribution in [2.24, 2.45) is 10.8 Å². The van der Waals surface area contributed by atoms with Crippen molar-refractivity contribution in [3.8, 4) is 0 Å². The van der Waals surface area contributed by atoms with Crippen molar-refractivity contribution in [1.82, 2.24) is 4.90 Å². The summed E-state index contributed by atoms with van der Waals surface area (Å²) >= 11 is 1.65. The molecule has 1 atom stereocenters. The smallest absolute Gasteiger partial charge is 0.309 e. The molecule has 0 radical (unpaired) electrons. The van der Waals surface area contributed by atoms with Gasteiger partial charge in [-0.1, -0.05) is 6.07 Å². The van der Waals surface area contributed by atoms with Crippen LogP contribution in [0.3, 0.4) is 0 Å². The minimum atomic E-state index is -0.689. The number of carbonyl (C=O) groups is 2. The van der Waals surface area contributed by atoms with Crippen LogP contribution in [0.1, 0.15) is 50.5 Å². The van der Waals surface area contributed by atoms with Crippen molar-refractivity contribution < 1.29 is 19.1 Å². The van der Waals surface area contributed by atoms with Gasteiger partial charge in [-0.25, -0.2) is 4.39 Å². The number of fused-ring (bicyclic) bond motifs is 3. The second-order valence-corrected chi connectivity index (χ2v) is 9.93. The van der Waals surface area contributed by atoms with Crippen LogP contribution in [0.15, 0.2) is 23.1 Å². The SMILES string of the molecule is Cc1ccc(SC2CCN(C(=O)C34CCC(C(=O)O)(CC3)CC4)C2)cc1F. The van der Waals surface area contributed by atoms with Crippen molar-refractivity contribution in [2.45, 2.75) is 62.0 Å². The number of benzene rings is 1. The second kappa shape index (κ2) is 6.80. The number of hydrogen-bond donors (Lipinski definition) is 1. The molecule has 4 fully saturated rings. The number of likely N-dealkylation sites (tertiary alicyclic amines) is 1. The lowest BCUT2D eigenvalue weighted by Gasteiger charge is -2.51. The summed E-state index contributed by atoms with van der Waals surface area (Å²) in [4.78, 5) is 27.7. The summed E-state index contributed by atoms with van der Waals surface area (Å²) in [7, 11) is 0. The zero-order chi connectivity index (χ0) is 19.2. The zero-order valence-electron chi connectivity index (χ0n) is 15.7. The first-order chi connectivity index (χ1) is 12.8. The molecule has 6 heteroatoms. The van der Waals surface area contributed by atoms with Gasteiger partial charge in [-0.15, -0.1) is 11.8 Å². The van der Waals surface area contributed by atoms with Gasteiger partial charge in [0.2, 0.25) is 5.91 Å². The number of carboxylic acid groups (broad SMARTS) is 1. The second-order valence-electron chi connectivity index (χ2n) is 8.56. The molecule has 1 aromatic rings. The topological polar surface area (TPSA) is 57.6 Å². The number of aliphatic carboxylic acids is 1. The van der Waals surface area contributed by atoms with Crippen LogP contribution in [0.5, 0.6) is 0 Å². The third kappa shape index (κ3) is 3.26. The van der Waals surface area contributed by atoms with E-state index < -0.39 is 11.4 Å². The molecule has 1 heterocycles. The molecule has 1 unspecified atom stereocenters. The Kier molecular flexibility index (Phi) is 4.73. The molecule has 3 saturated carbocycles. The first kappa shape index (κ1) is 18.8. The van der Waals surface area contributed by atoms with Crippen LogP contribution in [0.25, 0.3) is 0 Å². The minimum Gasteiger partial charge on any atom is -0.481 e. The fourth-order valence-corrected chi connectivity index (χ4v) is 6.19. The fourth-order valence-electron chi connectivity index (χ4n) is 5.01. The summed E-state index contributed by atoms with van der Waals surface area (Å²) in [5.74, 6) is -0.651. The Hall–Kier alpha value is -1.56. The average molecular weight is 392 g/mol. The van der Waals surface area contributed by atoms with Crippen molar-refractivity contribution in [1.29, 1.82) is 0 Å². The normalized spacial score (nSPS) is 32.7. The highest BCUT2D eigenvalue weighted by atomic mass is 32.2. The zero-order valence-corrected chi connectivity index (χ0v) is 16.5. The molecule has 1 amide bonds. The standard InChI is InChI=1S/C21H26FNO3S/c1-14-2-3-15(12-17(14)22)27-16-4-11-23(13-16)18(24)20-5-8-21(9-6-20,10-7-20)19(25)26/h2-3,12,16H,4-11,13H2,1H3,(H,25,26). The Labute approximate surface area is 163 Å². The van der Waals surface area contributed by atoms with Crippen LogP contribution in [0, 0.1) is 23.6 Å². The van der Waals surface area contributed by atoms with Gasteiger partial charge in [-0.05, 0) is 69.6 Å². The van der Waals surface area contributed by atoms with Crippen LogP contribution in [0.2, 0.25) is 0 Å². The van der Waals surface area contributed by atoms with Gasteiger partial charge in [-0.2, -0.15) is 0 Å². The van der Waals surface area contributed by atoms with Crippen molar-refractivity contribution in [3.05, 3.63) is 29.6 Å². The van der Waals surface area contributed by atoms with E-state index in [9.17, 15) is 19.1 Å². The Morgan fingerprint density at radius 3 is 2.37 bits per heavy atom. The predicted octanol–water partition coefficient (Wildman–Crippen LogP) is 4.25. The number of carboxylic acids is 1. The van der Waals surface area contributed by atoms with E-state index in [-0.39, 0.29) is 22.4 Å². The van der Waals surface area contributed by atoms with Gasteiger partial charge in [0, 0.05) is 28.6 Å². The van der Waals surface area contributed by atoms with Crippen molar-refractivity contribution >= 4 is 23.6 Å². The largest absolute Gasteiger partial charge is 0.481 e. The van der Waals surface area contributed by atoms with E-state index in [1.165, 1.54) is 0 Å². The molecule has 1 aromatic carbocycles. The molecule has 4 aliphatic rings. The van der Waals surface area contributed by atoms with Gasteiger partial charge in [0.05, 0.1) is 5.41 Å². The van der Waals surface area contributed by atoms with Crippen LogP contribution < -0.4 is 0 Å². The number of rotatable bonds is 4. The third-order valence-corrected chi connectivity index (χ3v) is 8.28. The molecule has 0 aromatic heterocycles. The lowest BCUT2D eigenvalue weighted by atomic mass is 9.53. The monoisotopic (exact) mass is 391 g/mol. The summed E-state index contributed by atoms with van der Waals surface area (Å²) in [6.45, 7) is 3.20. The molecule has 27 heavy (non-hydrogen) atoms. The molecular formula is C21H26FNO3S. The predicted molar refractivity (Wildman–Crippen MR) is 102 cm³/mol. The molecule has 3 aliphatic carbocycles. The van der Waals surface area contributed by atoms with Gasteiger partial charge in [0.15, 0.2) is 0 Å². The summed E-state index contributed by atoms with van der Waals surface area (Å²) in [5.41, 5.74) is -0.276. The molecule has 5 rings (SSSR count). The first-order valence-corrected chi connectivity index (χ1v) is 10.7. The highest BCUT2D eigenvalue weighted by molar-refractivity contribution is 8.00. The maximum atomic E-state index is 13.8. The number of amides is 1. The summed E-state index contributed by atoms with van der Waals surface area (Å²) in [6, 6.07) is 5.32. The molecule has 0 spiro atoms. The van der Waals surface area contributed by atoms with E-state index in [0.29, 0.717) is 50.6 Å². The highest BCUT2D eigenvalue weighted by Gasteiger charge is 2.56. The molecular weight excluding hydrogens is 365 g/mol. The Morgan fingerprint density at radius 2 is 1.78 bits per heavy atom. The Morgan fingerprint density at radius 1 is 1.15 bits per heavy atom. The third-order valence-electron chi connectivity index (χ3n) is 7.03. The number of halogens is 1. The Balaban J connectivity index is 1.38. The quantitative estimate of drug-likeness (QED) is 0.834. The maximum Gasteiger partial charge on any atom is 0.309 e. The molecule has 4 nitrogen and oxygen atoms in total. The molecule has 1 N–H and O–H groups in total. The summed E-state index contributed by atoms with van der Waals surface area (Å²) in [6.07, 6.45) is 4.91. The van der Waals surface area contributed by atoms with Gasteiger partial charge >= 0.3 is 5.97 Å². The Bertz CT molecular complexity index is 756. The lowest BCUT2D eigenvalue weighted by molar-refractivity contribution is -0.166. The van der Waals surface area contributed by atoms with E-state index in [4.69, 9.17) is 0 Å². The van der Waals surface area contributed by atoms with Crippen molar-refractivity contribution in [2.75, 3.05) is 13.1 Å². The fraction of sp³-hybridized carbons (Fsp3) is 0.619. The number of nitrogens with zero attached hydrogens (tertiary/aromatic N) is 1. The first-order valence-electron chi connectivity index (χ1n) is 9.79. The summed E-state index contributed by atoms with van der Waals surface area (Å²) < 4.78 is 13.8. The van der Waals surface area contributed by atoms with Gasteiger partial charge in [0.25, 0.3) is 0 Å². The van der Waals surface area contributed by atoms with Crippen LogP contribution in [-0.4, -0.2) is 40.2 Å². The van der Waals surface area contributed by atoms with E-state index >= 15 is 0 Å². The molecule has 1 saturated heterocycles.